The molecule has 2 bridgehead atoms. The Morgan fingerprint density at radius 1 is 1.00 bits per heavy atom. The Bertz CT molecular complexity index is 718. The molecule has 0 saturated heterocycles. The van der Waals surface area contributed by atoms with Crippen LogP contribution < -0.4 is 0 Å². The zero-order chi connectivity index (χ0) is 19.4. The van der Waals surface area contributed by atoms with Crippen molar-refractivity contribution in [2.75, 3.05) is 0 Å². The van der Waals surface area contributed by atoms with Crippen molar-refractivity contribution in [1.82, 2.24) is 0 Å². The molecule has 0 N–H and O–H groups in total. The Hall–Kier alpha value is 1.38. The first kappa shape index (κ1) is 22.1. The maximum absolute atomic E-state index is 6.43. The van der Waals surface area contributed by atoms with Gasteiger partial charge in [0.25, 0.3) is 5.69 Å². The van der Waals surface area contributed by atoms with E-state index in [9.17, 15) is 0 Å². The molecular formula is C16H18AlCl7N2. The lowest BCUT2D eigenvalue weighted by Crippen LogP contribution is -2.38. The van der Waals surface area contributed by atoms with Crippen molar-refractivity contribution in [2.45, 2.75) is 44.7 Å². The van der Waals surface area contributed by atoms with Gasteiger partial charge in [-0.3, -0.25) is 0 Å². The van der Waals surface area contributed by atoms with E-state index in [-0.39, 0.29) is 5.54 Å². The number of hydrogen-bond donors (Lipinski definition) is 0. The molecule has 0 aromatic heterocycles. The molecular weight excluding hydrogens is 495 g/mol. The highest BCUT2D eigenvalue weighted by Gasteiger charge is 2.65. The van der Waals surface area contributed by atoms with Gasteiger partial charge in [-0.1, -0.05) is 39.5 Å². The van der Waals surface area contributed by atoms with E-state index in [1.807, 2.05) is 0 Å². The van der Waals surface area contributed by atoms with Gasteiger partial charge in [0.1, 0.15) is 15.6 Å². The van der Waals surface area contributed by atoms with Crippen LogP contribution in [0.25, 0.3) is 0 Å². The fourth-order valence-corrected chi connectivity index (χ4v) is 5.96. The third-order valence-corrected chi connectivity index (χ3v) is 6.34. The van der Waals surface area contributed by atoms with E-state index in [0.29, 0.717) is 32.9 Å². The molecule has 4 rings (SSSR count). The fourth-order valence-electron chi connectivity index (χ4n) is 4.97. The Balaban J connectivity index is 0.000000349. The maximum atomic E-state index is 6.43. The highest BCUT2D eigenvalue weighted by molar-refractivity contribution is 7.81. The fraction of sp³-hybridized carbons (Fsp3) is 0.625. The summed E-state index contributed by atoms with van der Waals surface area (Å²) in [6, 6.07) is 3.95. The summed E-state index contributed by atoms with van der Waals surface area (Å²) >= 11 is 18.9. The van der Waals surface area contributed by atoms with Gasteiger partial charge in [0.05, 0.1) is 5.92 Å². The summed E-state index contributed by atoms with van der Waals surface area (Å²) in [5.41, 5.74) is 0.785. The first-order valence-electron chi connectivity index (χ1n) is 8.42. The Morgan fingerprint density at radius 2 is 1.50 bits per heavy atom. The average Bonchev–Trinajstić information content (AvgIpc) is 3.09. The molecule has 2 saturated carbocycles. The lowest BCUT2D eigenvalue weighted by molar-refractivity contribution is -0.549. The topological polar surface area (TPSA) is 15.4 Å². The Kier molecular flexibility index (Phi) is 6.71. The molecule has 144 valence electrons. The first-order valence-corrected chi connectivity index (χ1v) is 16.5. The van der Waals surface area contributed by atoms with Gasteiger partial charge < -0.3 is 40.2 Å². The van der Waals surface area contributed by atoms with Gasteiger partial charge in [-0.25, -0.2) is 0 Å². The van der Waals surface area contributed by atoms with Gasteiger partial charge in [0.15, 0.2) is 6.04 Å². The van der Waals surface area contributed by atoms with Gasteiger partial charge in [-0.05, 0) is 56.3 Å². The highest BCUT2D eigenvalue weighted by Crippen LogP contribution is 2.59. The second kappa shape index (κ2) is 7.90. The second-order valence-electron chi connectivity index (χ2n) is 7.66. The van der Waals surface area contributed by atoms with Crippen molar-refractivity contribution >= 4 is 90.1 Å². The number of nitrogens with zero attached hydrogens (tertiary/aromatic N) is 2. The van der Waals surface area contributed by atoms with E-state index in [1.165, 1.54) is 19.3 Å². The van der Waals surface area contributed by atoms with E-state index in [0.717, 1.165) is 11.6 Å². The van der Waals surface area contributed by atoms with Crippen LogP contribution in [0.15, 0.2) is 17.2 Å². The standard InChI is InChI=1S/C16H18Cl3N2.Al.4ClH/c1-16(2)13-8-3-4-9(5-8)14(13)21(20-16)15-11(18)6-10(17)7-12(15)19;;;;;/h6-9,13-14H,3-5H2,1-2H3;;4*1H/q+1;+3;;;;/p-4/t8-,9+,13+,14-;;;;;/m1...../s1. The molecule has 26 heavy (non-hydrogen) atoms. The van der Waals surface area contributed by atoms with Crippen LogP contribution in [0.3, 0.4) is 0 Å². The van der Waals surface area contributed by atoms with Crippen molar-refractivity contribution in [3.05, 3.63) is 27.2 Å². The molecule has 1 aliphatic heterocycles. The number of benzene rings is 1. The van der Waals surface area contributed by atoms with Crippen LogP contribution in [0.5, 0.6) is 0 Å². The molecule has 1 aromatic rings. The minimum atomic E-state index is -2.94. The van der Waals surface area contributed by atoms with Crippen LogP contribution in [0, 0.1) is 17.8 Å². The molecule has 1 aromatic carbocycles. The van der Waals surface area contributed by atoms with E-state index < -0.39 is 9.39 Å². The summed E-state index contributed by atoms with van der Waals surface area (Å²) in [6.07, 6.45) is 3.98. The third-order valence-electron chi connectivity index (χ3n) is 5.55. The molecule has 3 aliphatic rings. The number of rotatable bonds is 1. The molecule has 0 unspecified atom stereocenters. The summed E-state index contributed by atoms with van der Waals surface area (Å²) in [4.78, 5) is 0. The zero-order valence-electron chi connectivity index (χ0n) is 14.2. The zero-order valence-corrected chi connectivity index (χ0v) is 20.6. The van der Waals surface area contributed by atoms with Crippen molar-refractivity contribution in [1.29, 1.82) is 0 Å². The van der Waals surface area contributed by atoms with Crippen molar-refractivity contribution < 1.29 is 4.70 Å². The number of hydrogen-bond acceptors (Lipinski definition) is 1. The van der Waals surface area contributed by atoms with Crippen LogP contribution in [0.1, 0.15) is 33.1 Å². The van der Waals surface area contributed by atoms with Crippen LogP contribution in [0.2, 0.25) is 15.1 Å². The van der Waals surface area contributed by atoms with Gasteiger partial charge in [-0.2, -0.15) is 0 Å². The molecule has 2 nitrogen and oxygen atoms in total. The first-order chi connectivity index (χ1) is 11.9. The minimum absolute atomic E-state index is 0.0448. The summed E-state index contributed by atoms with van der Waals surface area (Å²) in [5.74, 6) is 2.13. The normalized spacial score (nSPS) is 31.3. The molecule has 4 atom stereocenters. The van der Waals surface area contributed by atoms with E-state index >= 15 is 0 Å². The number of azo groups is 2. The highest BCUT2D eigenvalue weighted by atomic mass is 35.9. The predicted molar refractivity (Wildman–Crippen MR) is 115 cm³/mol. The SMILES string of the molecule is CC1(C)N=[N+](c2c(Cl)cc(Cl)cc2Cl)[C@@H]2[C@H]3CC[C@H](C3)[C@@H]21.[Cl][Al-]([Cl])([Cl])[Cl]. The summed E-state index contributed by atoms with van der Waals surface area (Å²) in [5, 5.41) is 6.74. The lowest BCUT2D eigenvalue weighted by Gasteiger charge is -2.27. The Labute approximate surface area is 188 Å². The van der Waals surface area contributed by atoms with E-state index in [4.69, 9.17) is 80.1 Å². The van der Waals surface area contributed by atoms with Crippen molar-refractivity contribution in [3.63, 3.8) is 0 Å². The van der Waals surface area contributed by atoms with Crippen LogP contribution in [-0.2, 0) is 0 Å². The molecule has 0 radical (unpaired) electrons. The summed E-state index contributed by atoms with van der Waals surface area (Å²) < 4.78 is 2.12. The van der Waals surface area contributed by atoms with Crippen molar-refractivity contribution in [2.24, 2.45) is 22.9 Å². The van der Waals surface area contributed by atoms with Crippen LogP contribution in [0.4, 0.5) is 5.69 Å². The van der Waals surface area contributed by atoms with Crippen LogP contribution >= 0.6 is 75.0 Å². The van der Waals surface area contributed by atoms with Gasteiger partial charge in [-0.15, -0.1) is 0 Å². The second-order valence-corrected chi connectivity index (χ2v) is 21.8. The third kappa shape index (κ3) is 4.58. The average molecular weight is 513 g/mol. The quantitative estimate of drug-likeness (QED) is 0.265. The van der Waals surface area contributed by atoms with E-state index in [1.54, 1.807) is 12.1 Å². The van der Waals surface area contributed by atoms with Gasteiger partial charge >= 0.3 is 9.39 Å². The van der Waals surface area contributed by atoms with Crippen molar-refractivity contribution in [3.8, 4) is 0 Å². The van der Waals surface area contributed by atoms with Gasteiger partial charge in [0, 0.05) is 10.9 Å². The smallest absolute Gasteiger partial charge is 0.391 e. The summed E-state index contributed by atoms with van der Waals surface area (Å²) in [7, 11) is 17.0. The molecule has 2 aliphatic carbocycles. The minimum Gasteiger partial charge on any atom is -0.391 e. The Morgan fingerprint density at radius 3 is 2.04 bits per heavy atom. The maximum Gasteiger partial charge on any atom is 0.564 e. The molecule has 10 heteroatoms. The predicted octanol–water partition coefficient (Wildman–Crippen LogP) is 8.33. The summed E-state index contributed by atoms with van der Waals surface area (Å²) in [6.45, 7) is 4.48. The number of fused-ring (bicyclic) bond motifs is 5. The molecule has 0 amide bonds. The molecule has 0 spiro atoms. The van der Waals surface area contributed by atoms with E-state index in [2.05, 4.69) is 18.5 Å². The molecule has 1 heterocycles. The largest absolute Gasteiger partial charge is 0.564 e. The monoisotopic (exact) mass is 510 g/mol. The number of halogens is 7. The molecule has 2 fully saturated rings. The lowest BCUT2D eigenvalue weighted by atomic mass is 9.75. The van der Waals surface area contributed by atoms with Crippen LogP contribution in [-0.4, -0.2) is 25.7 Å². The van der Waals surface area contributed by atoms with Gasteiger partial charge in [0.2, 0.25) is 0 Å².